The zero-order valence-electron chi connectivity index (χ0n) is 16.6. The molecule has 1 N–H and O–H groups in total. The lowest BCUT2D eigenvalue weighted by Crippen LogP contribution is -2.33. The van der Waals surface area contributed by atoms with Crippen molar-refractivity contribution in [3.8, 4) is 5.75 Å². The summed E-state index contributed by atoms with van der Waals surface area (Å²) in [6.45, 7) is 6.01. The number of rotatable bonds is 8. The number of amides is 1. The predicted octanol–water partition coefficient (Wildman–Crippen LogP) is 3.89. The van der Waals surface area contributed by atoms with Crippen molar-refractivity contribution in [2.45, 2.75) is 45.6 Å². The van der Waals surface area contributed by atoms with E-state index in [-0.39, 0.29) is 5.91 Å². The van der Waals surface area contributed by atoms with E-state index in [1.165, 1.54) is 16.8 Å². The van der Waals surface area contributed by atoms with Crippen LogP contribution < -0.4 is 15.0 Å². The quantitative estimate of drug-likeness (QED) is 0.721. The van der Waals surface area contributed by atoms with E-state index in [0.29, 0.717) is 12.5 Å². The van der Waals surface area contributed by atoms with Gasteiger partial charge in [-0.1, -0.05) is 30.3 Å². The Labute approximate surface area is 162 Å². The van der Waals surface area contributed by atoms with E-state index in [4.69, 9.17) is 4.74 Å². The number of benzene rings is 2. The molecule has 0 fully saturated rings. The Morgan fingerprint density at radius 1 is 1.26 bits per heavy atom. The summed E-state index contributed by atoms with van der Waals surface area (Å²) < 4.78 is 5.28. The minimum absolute atomic E-state index is 0.123. The fourth-order valence-electron chi connectivity index (χ4n) is 3.89. The first-order valence-corrected chi connectivity index (χ1v) is 9.83. The topological polar surface area (TPSA) is 41.6 Å². The van der Waals surface area contributed by atoms with Crippen molar-refractivity contribution in [2.24, 2.45) is 0 Å². The zero-order valence-corrected chi connectivity index (χ0v) is 16.6. The molecule has 27 heavy (non-hydrogen) atoms. The number of hydrogen-bond donors (Lipinski definition) is 1. The zero-order chi connectivity index (χ0) is 19.2. The van der Waals surface area contributed by atoms with Gasteiger partial charge in [0.15, 0.2) is 0 Å². The molecule has 1 amide bonds. The van der Waals surface area contributed by atoms with Crippen molar-refractivity contribution < 1.29 is 9.53 Å². The highest BCUT2D eigenvalue weighted by Gasteiger charge is 2.24. The van der Waals surface area contributed by atoms with E-state index < -0.39 is 0 Å². The Hall–Kier alpha value is -2.49. The summed E-state index contributed by atoms with van der Waals surface area (Å²) in [6.07, 6.45) is 3.36. The molecule has 144 valence electrons. The number of hydrogen-bond acceptors (Lipinski definition) is 3. The van der Waals surface area contributed by atoms with Crippen LogP contribution in [0, 0.1) is 6.92 Å². The lowest BCUT2D eigenvalue weighted by molar-refractivity contribution is -0.121. The second-order valence-corrected chi connectivity index (χ2v) is 7.38. The van der Waals surface area contributed by atoms with E-state index >= 15 is 0 Å². The third-order valence-electron chi connectivity index (χ3n) is 5.35. The normalized spacial score (nSPS) is 15.5. The number of ether oxygens (including phenoxy) is 1. The van der Waals surface area contributed by atoms with Gasteiger partial charge in [-0.25, -0.2) is 0 Å². The van der Waals surface area contributed by atoms with Gasteiger partial charge in [-0.05, 0) is 61.9 Å². The second-order valence-electron chi connectivity index (χ2n) is 7.38. The maximum atomic E-state index is 12.1. The van der Waals surface area contributed by atoms with Gasteiger partial charge in [0, 0.05) is 31.2 Å². The van der Waals surface area contributed by atoms with E-state index in [0.717, 1.165) is 43.7 Å². The Bertz CT molecular complexity index is 788. The van der Waals surface area contributed by atoms with Gasteiger partial charge in [-0.15, -0.1) is 0 Å². The second kappa shape index (κ2) is 8.94. The van der Waals surface area contributed by atoms with Crippen LogP contribution in [0.3, 0.4) is 0 Å². The van der Waals surface area contributed by atoms with Gasteiger partial charge in [0.05, 0.1) is 7.11 Å². The van der Waals surface area contributed by atoms with Crippen molar-refractivity contribution in [2.75, 3.05) is 25.1 Å². The largest absolute Gasteiger partial charge is 0.496 e. The Kier molecular flexibility index (Phi) is 6.38. The van der Waals surface area contributed by atoms with Crippen LogP contribution in [0.5, 0.6) is 5.75 Å². The van der Waals surface area contributed by atoms with Crippen molar-refractivity contribution in [1.29, 1.82) is 0 Å². The maximum absolute atomic E-state index is 12.1. The van der Waals surface area contributed by atoms with Gasteiger partial charge in [0.1, 0.15) is 5.75 Å². The van der Waals surface area contributed by atoms with Crippen molar-refractivity contribution in [3.05, 3.63) is 59.2 Å². The maximum Gasteiger partial charge on any atom is 0.220 e. The molecule has 4 nitrogen and oxygen atoms in total. The van der Waals surface area contributed by atoms with Crippen LogP contribution in [0.25, 0.3) is 0 Å². The number of anilines is 1. The molecule has 1 heterocycles. The highest BCUT2D eigenvalue weighted by Crippen LogP contribution is 2.31. The summed E-state index contributed by atoms with van der Waals surface area (Å²) >= 11 is 0. The van der Waals surface area contributed by atoms with E-state index in [2.05, 4.69) is 47.5 Å². The molecular formula is C23H30N2O2. The van der Waals surface area contributed by atoms with Gasteiger partial charge in [-0.3, -0.25) is 4.79 Å². The van der Waals surface area contributed by atoms with Gasteiger partial charge < -0.3 is 15.0 Å². The molecule has 4 heteroatoms. The number of fused-ring (bicyclic) bond motifs is 1. The first kappa shape index (κ1) is 19.3. The summed E-state index contributed by atoms with van der Waals surface area (Å²) in [7, 11) is 1.68. The monoisotopic (exact) mass is 366 g/mol. The van der Waals surface area contributed by atoms with Gasteiger partial charge in [0.2, 0.25) is 5.91 Å². The van der Waals surface area contributed by atoms with Crippen molar-refractivity contribution in [1.82, 2.24) is 5.32 Å². The molecule has 2 aromatic carbocycles. The lowest BCUT2D eigenvalue weighted by atomic mass is 10.1. The average Bonchev–Trinajstić information content (AvgIpc) is 2.99. The molecule has 1 aliphatic rings. The minimum Gasteiger partial charge on any atom is -0.496 e. The number of para-hydroxylation sites is 1. The number of nitrogens with zero attached hydrogens (tertiary/aromatic N) is 1. The minimum atomic E-state index is 0.123. The van der Waals surface area contributed by atoms with Crippen LogP contribution in [0.2, 0.25) is 0 Å². The summed E-state index contributed by atoms with van der Waals surface area (Å²) in [5, 5.41) is 3.06. The molecule has 0 radical (unpaired) electrons. The third kappa shape index (κ3) is 4.82. The number of nitrogens with one attached hydrogen (secondary N) is 1. The van der Waals surface area contributed by atoms with Crippen LogP contribution >= 0.6 is 0 Å². The first-order valence-electron chi connectivity index (χ1n) is 9.83. The number of aryl methyl sites for hydroxylation is 2. The molecule has 0 unspecified atom stereocenters. The standard InChI is InChI=1S/C23H30N2O2/c1-17-15-19(9-11-22(17)27-3)10-12-23(26)24-13-6-14-25-18(2)16-20-7-4-5-8-21(20)25/h4-5,7-9,11,15,18H,6,10,12-14,16H2,1-3H3,(H,24,26)/t18-/m1/s1. The summed E-state index contributed by atoms with van der Waals surface area (Å²) in [4.78, 5) is 14.6. The molecule has 0 saturated carbocycles. The number of methoxy groups -OCH3 is 1. The average molecular weight is 367 g/mol. The smallest absolute Gasteiger partial charge is 0.220 e. The Morgan fingerprint density at radius 2 is 2.07 bits per heavy atom. The van der Waals surface area contributed by atoms with Crippen LogP contribution in [0.1, 0.15) is 36.5 Å². The molecule has 0 saturated heterocycles. The summed E-state index contributed by atoms with van der Waals surface area (Å²) in [6, 6.07) is 15.3. The van der Waals surface area contributed by atoms with Crippen molar-refractivity contribution >= 4 is 11.6 Å². The van der Waals surface area contributed by atoms with Gasteiger partial charge in [-0.2, -0.15) is 0 Å². The van der Waals surface area contributed by atoms with Crippen molar-refractivity contribution in [3.63, 3.8) is 0 Å². The Balaban J connectivity index is 1.38. The van der Waals surface area contributed by atoms with Gasteiger partial charge >= 0.3 is 0 Å². The highest BCUT2D eigenvalue weighted by atomic mass is 16.5. The summed E-state index contributed by atoms with van der Waals surface area (Å²) in [5.41, 5.74) is 5.07. The van der Waals surface area contributed by atoms with Gasteiger partial charge in [0.25, 0.3) is 0 Å². The fourth-order valence-corrected chi connectivity index (χ4v) is 3.89. The van der Waals surface area contributed by atoms with E-state index in [1.807, 2.05) is 19.1 Å². The Morgan fingerprint density at radius 3 is 2.85 bits per heavy atom. The molecule has 1 aliphatic heterocycles. The lowest BCUT2D eigenvalue weighted by Gasteiger charge is -2.24. The van der Waals surface area contributed by atoms with Crippen LogP contribution in [-0.2, 0) is 17.6 Å². The number of carbonyl (C=O) groups is 1. The van der Waals surface area contributed by atoms with E-state index in [9.17, 15) is 4.79 Å². The molecule has 3 rings (SSSR count). The van der Waals surface area contributed by atoms with Crippen LogP contribution in [0.15, 0.2) is 42.5 Å². The molecular weight excluding hydrogens is 336 g/mol. The molecule has 0 aliphatic carbocycles. The number of carbonyl (C=O) groups excluding carboxylic acids is 1. The molecule has 0 spiro atoms. The SMILES string of the molecule is COc1ccc(CCC(=O)NCCCN2c3ccccc3C[C@H]2C)cc1C. The first-order chi connectivity index (χ1) is 13.1. The molecule has 2 aromatic rings. The third-order valence-corrected chi connectivity index (χ3v) is 5.35. The summed E-state index contributed by atoms with van der Waals surface area (Å²) in [5.74, 6) is 1.01. The highest BCUT2D eigenvalue weighted by molar-refractivity contribution is 5.76. The van der Waals surface area contributed by atoms with Crippen LogP contribution in [0.4, 0.5) is 5.69 Å². The predicted molar refractivity (Wildman–Crippen MR) is 111 cm³/mol. The molecule has 0 aromatic heterocycles. The van der Waals surface area contributed by atoms with E-state index in [1.54, 1.807) is 7.11 Å². The fraction of sp³-hybridized carbons (Fsp3) is 0.435. The molecule has 1 atom stereocenters. The van der Waals surface area contributed by atoms with Crippen LogP contribution in [-0.4, -0.2) is 32.1 Å². The molecule has 0 bridgehead atoms.